The molecule has 0 radical (unpaired) electrons. The molecule has 0 saturated heterocycles. The summed E-state index contributed by atoms with van der Waals surface area (Å²) in [5, 5.41) is 3.31. The third-order valence-electron chi connectivity index (χ3n) is 2.73. The standard InChI is InChI=1S/C15H16FNO/c1-18-15-8-4-13(5-9-15)11-17-10-12-2-6-14(16)7-3-12/h2-9,17H,10-11H2,1H3. The molecule has 18 heavy (non-hydrogen) atoms. The van der Waals surface area contributed by atoms with Crippen LogP contribution in [-0.2, 0) is 13.1 Å². The van der Waals surface area contributed by atoms with E-state index in [9.17, 15) is 4.39 Å². The fourth-order valence-corrected chi connectivity index (χ4v) is 1.70. The molecule has 3 heteroatoms. The smallest absolute Gasteiger partial charge is 0.123 e. The van der Waals surface area contributed by atoms with Gasteiger partial charge in [0, 0.05) is 13.1 Å². The SMILES string of the molecule is COc1ccc(CNCc2ccc(F)cc2)cc1. The lowest BCUT2D eigenvalue weighted by atomic mass is 10.2. The zero-order valence-electron chi connectivity index (χ0n) is 10.3. The van der Waals surface area contributed by atoms with E-state index in [-0.39, 0.29) is 5.82 Å². The minimum absolute atomic E-state index is 0.200. The number of methoxy groups -OCH3 is 1. The van der Waals surface area contributed by atoms with Gasteiger partial charge in [0.15, 0.2) is 0 Å². The summed E-state index contributed by atoms with van der Waals surface area (Å²) in [6, 6.07) is 14.5. The number of nitrogens with one attached hydrogen (secondary N) is 1. The maximum Gasteiger partial charge on any atom is 0.123 e. The van der Waals surface area contributed by atoms with Crippen molar-refractivity contribution in [2.75, 3.05) is 7.11 Å². The fraction of sp³-hybridized carbons (Fsp3) is 0.200. The van der Waals surface area contributed by atoms with Crippen molar-refractivity contribution in [1.82, 2.24) is 5.32 Å². The molecular weight excluding hydrogens is 229 g/mol. The summed E-state index contributed by atoms with van der Waals surface area (Å²) in [6.07, 6.45) is 0. The van der Waals surface area contributed by atoms with Crippen molar-refractivity contribution in [2.24, 2.45) is 0 Å². The molecule has 0 aliphatic carbocycles. The van der Waals surface area contributed by atoms with E-state index in [2.05, 4.69) is 5.32 Å². The van der Waals surface area contributed by atoms with Gasteiger partial charge in [0.1, 0.15) is 11.6 Å². The van der Waals surface area contributed by atoms with Crippen molar-refractivity contribution in [3.05, 3.63) is 65.5 Å². The van der Waals surface area contributed by atoms with Crippen LogP contribution >= 0.6 is 0 Å². The molecule has 2 aromatic carbocycles. The van der Waals surface area contributed by atoms with Crippen LogP contribution in [0.15, 0.2) is 48.5 Å². The van der Waals surface area contributed by atoms with E-state index in [0.29, 0.717) is 0 Å². The summed E-state index contributed by atoms with van der Waals surface area (Å²) in [5.41, 5.74) is 2.27. The van der Waals surface area contributed by atoms with Crippen LogP contribution < -0.4 is 10.1 Å². The minimum Gasteiger partial charge on any atom is -0.497 e. The van der Waals surface area contributed by atoms with Gasteiger partial charge in [0.2, 0.25) is 0 Å². The molecular formula is C15H16FNO. The van der Waals surface area contributed by atoms with E-state index in [0.717, 1.165) is 24.4 Å². The van der Waals surface area contributed by atoms with E-state index in [1.807, 2.05) is 24.3 Å². The number of halogens is 1. The van der Waals surface area contributed by atoms with Crippen molar-refractivity contribution < 1.29 is 9.13 Å². The molecule has 0 bridgehead atoms. The highest BCUT2D eigenvalue weighted by Gasteiger charge is 1.96. The molecule has 2 nitrogen and oxygen atoms in total. The Hall–Kier alpha value is -1.87. The Balaban J connectivity index is 1.82. The van der Waals surface area contributed by atoms with Crippen LogP contribution in [0.25, 0.3) is 0 Å². The quantitative estimate of drug-likeness (QED) is 0.873. The third kappa shape index (κ3) is 3.57. The first-order chi connectivity index (χ1) is 8.78. The topological polar surface area (TPSA) is 21.3 Å². The summed E-state index contributed by atoms with van der Waals surface area (Å²) < 4.78 is 17.8. The minimum atomic E-state index is -0.200. The van der Waals surface area contributed by atoms with E-state index in [1.54, 1.807) is 19.2 Å². The third-order valence-corrected chi connectivity index (χ3v) is 2.73. The lowest BCUT2D eigenvalue weighted by Gasteiger charge is -2.06. The van der Waals surface area contributed by atoms with Gasteiger partial charge < -0.3 is 10.1 Å². The summed E-state index contributed by atoms with van der Waals surface area (Å²) in [7, 11) is 1.65. The Morgan fingerprint density at radius 1 is 0.889 bits per heavy atom. The normalized spacial score (nSPS) is 10.3. The molecule has 0 amide bonds. The molecule has 2 rings (SSSR count). The Bertz CT molecular complexity index is 479. The van der Waals surface area contributed by atoms with Crippen LogP contribution in [-0.4, -0.2) is 7.11 Å². The molecule has 0 aliphatic rings. The van der Waals surface area contributed by atoms with E-state index in [4.69, 9.17) is 4.74 Å². The number of ether oxygens (including phenoxy) is 1. The zero-order chi connectivity index (χ0) is 12.8. The molecule has 2 aromatic rings. The Labute approximate surface area is 106 Å². The largest absolute Gasteiger partial charge is 0.497 e. The van der Waals surface area contributed by atoms with Gasteiger partial charge in [-0.05, 0) is 35.4 Å². The van der Waals surface area contributed by atoms with Crippen molar-refractivity contribution in [2.45, 2.75) is 13.1 Å². The lowest BCUT2D eigenvalue weighted by Crippen LogP contribution is -2.12. The van der Waals surface area contributed by atoms with Crippen LogP contribution in [0.2, 0.25) is 0 Å². The van der Waals surface area contributed by atoms with Crippen LogP contribution in [0.4, 0.5) is 4.39 Å². The van der Waals surface area contributed by atoms with Gasteiger partial charge in [0.05, 0.1) is 7.11 Å². The summed E-state index contributed by atoms with van der Waals surface area (Å²) >= 11 is 0. The van der Waals surface area contributed by atoms with Crippen molar-refractivity contribution in [3.63, 3.8) is 0 Å². The van der Waals surface area contributed by atoms with Gasteiger partial charge in [-0.25, -0.2) is 4.39 Å². The van der Waals surface area contributed by atoms with Crippen LogP contribution in [0, 0.1) is 5.82 Å². The Morgan fingerprint density at radius 2 is 1.39 bits per heavy atom. The molecule has 1 N–H and O–H groups in total. The number of hydrogen-bond acceptors (Lipinski definition) is 2. The highest BCUT2D eigenvalue weighted by molar-refractivity contribution is 5.27. The predicted octanol–water partition coefficient (Wildman–Crippen LogP) is 3.12. The highest BCUT2D eigenvalue weighted by atomic mass is 19.1. The summed E-state index contributed by atoms with van der Waals surface area (Å²) in [4.78, 5) is 0. The second kappa shape index (κ2) is 6.17. The number of benzene rings is 2. The maximum absolute atomic E-state index is 12.7. The molecule has 0 heterocycles. The Kier molecular flexibility index (Phi) is 4.31. The predicted molar refractivity (Wildman–Crippen MR) is 69.9 cm³/mol. The monoisotopic (exact) mass is 245 g/mol. The van der Waals surface area contributed by atoms with Crippen LogP contribution in [0.3, 0.4) is 0 Å². The molecule has 0 aliphatic heterocycles. The fourth-order valence-electron chi connectivity index (χ4n) is 1.70. The van der Waals surface area contributed by atoms with Gasteiger partial charge in [-0.15, -0.1) is 0 Å². The molecule has 0 fully saturated rings. The van der Waals surface area contributed by atoms with E-state index in [1.165, 1.54) is 17.7 Å². The van der Waals surface area contributed by atoms with Gasteiger partial charge in [-0.1, -0.05) is 24.3 Å². The molecule has 0 atom stereocenters. The second-order valence-electron chi connectivity index (χ2n) is 4.08. The van der Waals surface area contributed by atoms with Crippen molar-refractivity contribution in [3.8, 4) is 5.75 Å². The maximum atomic E-state index is 12.7. The van der Waals surface area contributed by atoms with Crippen molar-refractivity contribution >= 4 is 0 Å². The average Bonchev–Trinajstić information content (AvgIpc) is 2.42. The molecule has 0 unspecified atom stereocenters. The Morgan fingerprint density at radius 3 is 1.89 bits per heavy atom. The summed E-state index contributed by atoms with van der Waals surface area (Å²) in [6.45, 7) is 1.51. The first-order valence-corrected chi connectivity index (χ1v) is 5.86. The van der Waals surface area contributed by atoms with Crippen molar-refractivity contribution in [1.29, 1.82) is 0 Å². The molecule has 0 spiro atoms. The lowest BCUT2D eigenvalue weighted by molar-refractivity contribution is 0.414. The summed E-state index contributed by atoms with van der Waals surface area (Å²) in [5.74, 6) is 0.659. The first-order valence-electron chi connectivity index (χ1n) is 5.86. The van der Waals surface area contributed by atoms with Gasteiger partial charge in [-0.3, -0.25) is 0 Å². The molecule has 94 valence electrons. The van der Waals surface area contributed by atoms with Gasteiger partial charge in [0.25, 0.3) is 0 Å². The van der Waals surface area contributed by atoms with Crippen LogP contribution in [0.1, 0.15) is 11.1 Å². The number of rotatable bonds is 5. The van der Waals surface area contributed by atoms with Crippen LogP contribution in [0.5, 0.6) is 5.75 Å². The van der Waals surface area contributed by atoms with E-state index >= 15 is 0 Å². The molecule has 0 saturated carbocycles. The number of hydrogen-bond donors (Lipinski definition) is 1. The molecule has 0 aromatic heterocycles. The zero-order valence-corrected chi connectivity index (χ0v) is 10.3. The van der Waals surface area contributed by atoms with Gasteiger partial charge >= 0.3 is 0 Å². The first kappa shape index (κ1) is 12.6. The second-order valence-corrected chi connectivity index (χ2v) is 4.08. The highest BCUT2D eigenvalue weighted by Crippen LogP contribution is 2.11. The average molecular weight is 245 g/mol. The van der Waals surface area contributed by atoms with Gasteiger partial charge in [-0.2, -0.15) is 0 Å². The van der Waals surface area contributed by atoms with E-state index < -0.39 is 0 Å².